The number of nitrogens with one attached hydrogen (secondary N) is 2. The van der Waals surface area contributed by atoms with E-state index in [1.165, 1.54) is 25.4 Å². The Labute approximate surface area is 167 Å². The molecular weight excluding hydrogens is 378 g/mol. The molecular formula is C21H18ClN3O3. The molecule has 142 valence electrons. The largest absolute Gasteiger partial charge is 0.495 e. The molecule has 2 aromatic carbocycles. The van der Waals surface area contributed by atoms with Gasteiger partial charge >= 0.3 is 0 Å². The fourth-order valence-corrected chi connectivity index (χ4v) is 2.73. The normalized spacial score (nSPS) is 10.2. The van der Waals surface area contributed by atoms with Crippen LogP contribution in [0.15, 0.2) is 60.8 Å². The van der Waals surface area contributed by atoms with Gasteiger partial charge in [0.1, 0.15) is 11.4 Å². The van der Waals surface area contributed by atoms with Gasteiger partial charge in [-0.25, -0.2) is 0 Å². The number of ether oxygens (including phenoxy) is 1. The molecule has 0 unspecified atom stereocenters. The number of pyridine rings is 1. The summed E-state index contributed by atoms with van der Waals surface area (Å²) < 4.78 is 5.23. The van der Waals surface area contributed by atoms with Crippen LogP contribution in [0.1, 0.15) is 26.4 Å². The zero-order chi connectivity index (χ0) is 20.1. The van der Waals surface area contributed by atoms with Crippen LogP contribution in [-0.2, 0) is 0 Å². The Bertz CT molecular complexity index is 1040. The second-order valence-electron chi connectivity index (χ2n) is 6.00. The molecule has 0 atom stereocenters. The van der Waals surface area contributed by atoms with Gasteiger partial charge in [-0.2, -0.15) is 0 Å². The van der Waals surface area contributed by atoms with Gasteiger partial charge in [-0.15, -0.1) is 0 Å². The van der Waals surface area contributed by atoms with E-state index >= 15 is 0 Å². The number of carbonyl (C=O) groups excluding carboxylic acids is 2. The molecule has 0 radical (unpaired) electrons. The fourth-order valence-electron chi connectivity index (χ4n) is 2.55. The minimum atomic E-state index is -0.433. The molecule has 7 heteroatoms. The summed E-state index contributed by atoms with van der Waals surface area (Å²) in [7, 11) is 1.53. The van der Waals surface area contributed by atoms with E-state index in [2.05, 4.69) is 15.6 Å². The maximum atomic E-state index is 12.6. The first kappa shape index (κ1) is 19.4. The van der Waals surface area contributed by atoms with E-state index in [0.717, 1.165) is 5.56 Å². The van der Waals surface area contributed by atoms with Gasteiger partial charge in [0.15, 0.2) is 0 Å². The highest BCUT2D eigenvalue weighted by Gasteiger charge is 2.14. The second-order valence-corrected chi connectivity index (χ2v) is 6.43. The van der Waals surface area contributed by atoms with E-state index in [1.807, 2.05) is 13.0 Å². The summed E-state index contributed by atoms with van der Waals surface area (Å²) in [6, 6.07) is 15.2. The van der Waals surface area contributed by atoms with Crippen LogP contribution in [0, 0.1) is 6.92 Å². The maximum Gasteiger partial charge on any atom is 0.274 e. The number of hydrogen-bond acceptors (Lipinski definition) is 4. The number of para-hydroxylation sites is 2. The topological polar surface area (TPSA) is 80.3 Å². The maximum absolute atomic E-state index is 12.6. The summed E-state index contributed by atoms with van der Waals surface area (Å²) in [6.45, 7) is 1.86. The van der Waals surface area contributed by atoms with Gasteiger partial charge in [0.2, 0.25) is 0 Å². The van der Waals surface area contributed by atoms with E-state index in [9.17, 15) is 9.59 Å². The Balaban J connectivity index is 1.78. The van der Waals surface area contributed by atoms with E-state index < -0.39 is 5.91 Å². The summed E-state index contributed by atoms with van der Waals surface area (Å²) in [5, 5.41) is 6.05. The molecule has 6 nitrogen and oxygen atoms in total. The van der Waals surface area contributed by atoms with Crippen molar-refractivity contribution in [2.45, 2.75) is 6.92 Å². The average molecular weight is 396 g/mol. The molecule has 0 spiro atoms. The van der Waals surface area contributed by atoms with Crippen molar-refractivity contribution in [1.29, 1.82) is 0 Å². The van der Waals surface area contributed by atoms with Crippen molar-refractivity contribution in [3.8, 4) is 5.75 Å². The first-order valence-electron chi connectivity index (χ1n) is 8.46. The molecule has 0 fully saturated rings. The van der Waals surface area contributed by atoms with Crippen molar-refractivity contribution < 1.29 is 14.3 Å². The zero-order valence-electron chi connectivity index (χ0n) is 15.3. The lowest BCUT2D eigenvalue weighted by Gasteiger charge is -2.11. The molecule has 0 aliphatic rings. The van der Waals surface area contributed by atoms with E-state index in [1.54, 1.807) is 36.4 Å². The van der Waals surface area contributed by atoms with Crippen LogP contribution in [0.4, 0.5) is 11.4 Å². The van der Waals surface area contributed by atoms with Crippen molar-refractivity contribution >= 4 is 34.8 Å². The second kappa shape index (κ2) is 8.54. The van der Waals surface area contributed by atoms with E-state index in [-0.39, 0.29) is 11.6 Å². The van der Waals surface area contributed by atoms with Crippen LogP contribution in [0.25, 0.3) is 0 Å². The Morgan fingerprint density at radius 2 is 1.71 bits per heavy atom. The van der Waals surface area contributed by atoms with Crippen LogP contribution in [0.5, 0.6) is 5.75 Å². The number of rotatable bonds is 5. The third-order valence-corrected chi connectivity index (χ3v) is 4.29. The molecule has 2 amide bonds. The zero-order valence-corrected chi connectivity index (χ0v) is 16.1. The lowest BCUT2D eigenvalue weighted by Crippen LogP contribution is -2.17. The number of methoxy groups -OCH3 is 1. The number of halogens is 1. The number of amides is 2. The number of anilines is 2. The number of aryl methyl sites for hydroxylation is 1. The minimum Gasteiger partial charge on any atom is -0.495 e. The van der Waals surface area contributed by atoms with E-state index in [4.69, 9.17) is 16.3 Å². The van der Waals surface area contributed by atoms with Gasteiger partial charge in [-0.05, 0) is 48.9 Å². The summed E-state index contributed by atoms with van der Waals surface area (Å²) in [4.78, 5) is 29.2. The van der Waals surface area contributed by atoms with E-state index in [0.29, 0.717) is 27.7 Å². The quantitative estimate of drug-likeness (QED) is 0.663. The number of benzene rings is 2. The Hall–Kier alpha value is -3.38. The molecule has 0 saturated carbocycles. The molecule has 0 aliphatic carbocycles. The number of aromatic nitrogens is 1. The van der Waals surface area contributed by atoms with Crippen molar-refractivity contribution in [2.24, 2.45) is 0 Å². The summed E-state index contributed by atoms with van der Waals surface area (Å²) in [6.07, 6.45) is 1.41. The van der Waals surface area contributed by atoms with Crippen molar-refractivity contribution in [3.05, 3.63) is 82.6 Å². The van der Waals surface area contributed by atoms with Crippen LogP contribution in [0.3, 0.4) is 0 Å². The van der Waals surface area contributed by atoms with Gasteiger partial charge in [0.05, 0.1) is 12.8 Å². The molecule has 0 aliphatic heterocycles. The summed E-state index contributed by atoms with van der Waals surface area (Å²) in [5.74, 6) is -0.267. The molecule has 1 heterocycles. The third kappa shape index (κ3) is 4.47. The SMILES string of the molecule is COc1ccccc1NC(=O)c1ccnc(C(=O)Nc2cc(Cl)ccc2C)c1. The third-order valence-electron chi connectivity index (χ3n) is 4.06. The van der Waals surface area contributed by atoms with Gasteiger partial charge in [0, 0.05) is 22.5 Å². The summed E-state index contributed by atoms with van der Waals surface area (Å²) >= 11 is 5.98. The Kier molecular flexibility index (Phi) is 5.91. The highest BCUT2D eigenvalue weighted by atomic mass is 35.5. The molecule has 0 saturated heterocycles. The monoisotopic (exact) mass is 395 g/mol. The number of carbonyl (C=O) groups is 2. The smallest absolute Gasteiger partial charge is 0.274 e. The Morgan fingerprint density at radius 1 is 0.964 bits per heavy atom. The highest BCUT2D eigenvalue weighted by molar-refractivity contribution is 6.31. The van der Waals surface area contributed by atoms with Gasteiger partial charge in [-0.1, -0.05) is 29.8 Å². The van der Waals surface area contributed by atoms with Gasteiger partial charge in [0.25, 0.3) is 11.8 Å². The van der Waals surface area contributed by atoms with Crippen molar-refractivity contribution in [2.75, 3.05) is 17.7 Å². The van der Waals surface area contributed by atoms with Crippen molar-refractivity contribution in [1.82, 2.24) is 4.98 Å². The Morgan fingerprint density at radius 3 is 2.50 bits per heavy atom. The molecule has 0 bridgehead atoms. The number of nitrogens with zero attached hydrogens (tertiary/aromatic N) is 1. The lowest BCUT2D eigenvalue weighted by atomic mass is 10.1. The summed E-state index contributed by atoms with van der Waals surface area (Å²) in [5.41, 5.74) is 2.40. The molecule has 28 heavy (non-hydrogen) atoms. The predicted molar refractivity (Wildman–Crippen MR) is 109 cm³/mol. The minimum absolute atomic E-state index is 0.118. The molecule has 3 aromatic rings. The van der Waals surface area contributed by atoms with Gasteiger partial charge < -0.3 is 15.4 Å². The predicted octanol–water partition coefficient (Wildman–Crippen LogP) is 4.56. The van der Waals surface area contributed by atoms with Crippen LogP contribution < -0.4 is 15.4 Å². The van der Waals surface area contributed by atoms with Gasteiger partial charge in [-0.3, -0.25) is 14.6 Å². The molecule has 3 rings (SSSR count). The van der Waals surface area contributed by atoms with Crippen molar-refractivity contribution in [3.63, 3.8) is 0 Å². The van der Waals surface area contributed by atoms with Crippen LogP contribution in [-0.4, -0.2) is 23.9 Å². The first-order chi connectivity index (χ1) is 13.5. The lowest BCUT2D eigenvalue weighted by molar-refractivity contribution is 0.102. The van der Waals surface area contributed by atoms with Crippen LogP contribution in [0.2, 0.25) is 5.02 Å². The highest BCUT2D eigenvalue weighted by Crippen LogP contribution is 2.24. The average Bonchev–Trinajstić information content (AvgIpc) is 2.71. The fraction of sp³-hybridized carbons (Fsp3) is 0.0952. The molecule has 2 N–H and O–H groups in total. The standard InChI is InChI=1S/C21H18ClN3O3/c1-13-7-8-15(22)12-17(13)25-21(27)18-11-14(9-10-23-18)20(26)24-16-5-3-4-6-19(16)28-2/h3-12H,1-2H3,(H,24,26)(H,25,27). The number of hydrogen-bond donors (Lipinski definition) is 2. The first-order valence-corrected chi connectivity index (χ1v) is 8.83. The van der Waals surface area contributed by atoms with Crippen LogP contribution >= 0.6 is 11.6 Å². The molecule has 1 aromatic heterocycles.